The molecular formula is C20H22BrN3O5. The van der Waals surface area contributed by atoms with Crippen LogP contribution in [0.3, 0.4) is 0 Å². The lowest BCUT2D eigenvalue weighted by atomic mass is 10.1. The van der Waals surface area contributed by atoms with Crippen LogP contribution in [0.1, 0.15) is 36.7 Å². The van der Waals surface area contributed by atoms with Crippen LogP contribution in [0.5, 0.6) is 11.5 Å². The molecule has 1 aromatic carbocycles. The number of aromatic hydroxyl groups is 1. The third-order valence-corrected chi connectivity index (χ3v) is 5.08. The number of Topliss-reactive ketones (excluding diaryl/α,β-unsaturated/α-hetero) is 1. The molecule has 0 amide bonds. The number of anilines is 1. The highest BCUT2D eigenvalue weighted by atomic mass is 79.9. The molecule has 0 radical (unpaired) electrons. The molecule has 1 aliphatic rings. The van der Waals surface area contributed by atoms with Crippen LogP contribution < -0.4 is 21.3 Å². The smallest absolute Gasteiger partial charge is 0.332 e. The van der Waals surface area contributed by atoms with E-state index in [1.54, 1.807) is 25.1 Å². The van der Waals surface area contributed by atoms with Crippen molar-refractivity contribution >= 4 is 33.6 Å². The summed E-state index contributed by atoms with van der Waals surface area (Å²) in [6.07, 6.45) is 1.55. The molecule has 0 atom stereocenters. The highest BCUT2D eigenvalue weighted by molar-refractivity contribution is 9.10. The molecule has 1 aliphatic heterocycles. The van der Waals surface area contributed by atoms with E-state index in [0.29, 0.717) is 23.2 Å². The van der Waals surface area contributed by atoms with Gasteiger partial charge in [0, 0.05) is 13.6 Å². The number of ether oxygens (including phenoxy) is 1. The fourth-order valence-electron chi connectivity index (χ4n) is 3.17. The molecule has 2 N–H and O–H groups in total. The first-order valence-electron chi connectivity index (χ1n) is 9.18. The quantitative estimate of drug-likeness (QED) is 0.660. The van der Waals surface area contributed by atoms with Gasteiger partial charge >= 0.3 is 5.69 Å². The zero-order valence-corrected chi connectivity index (χ0v) is 18.2. The van der Waals surface area contributed by atoms with E-state index in [0.717, 1.165) is 4.57 Å². The number of allylic oxidation sites excluding steroid dienone is 1. The summed E-state index contributed by atoms with van der Waals surface area (Å²) in [6, 6.07) is 3.22. The molecule has 0 unspecified atom stereocenters. The number of carbonyl (C=O) groups excluding carboxylic acids is 1. The summed E-state index contributed by atoms with van der Waals surface area (Å²) in [4.78, 5) is 38.1. The van der Waals surface area contributed by atoms with Gasteiger partial charge in [-0.15, -0.1) is 0 Å². The summed E-state index contributed by atoms with van der Waals surface area (Å²) in [5.74, 6) is 0.0965. The second-order valence-electron chi connectivity index (χ2n) is 7.17. The number of ketones is 1. The molecule has 0 saturated carbocycles. The highest BCUT2D eigenvalue weighted by Gasteiger charge is 2.32. The summed E-state index contributed by atoms with van der Waals surface area (Å²) < 4.78 is 8.19. The van der Waals surface area contributed by atoms with Crippen molar-refractivity contribution < 1.29 is 14.6 Å². The molecule has 0 saturated heterocycles. The standard InChI is InChI=1S/C20H22BrN3O5/c1-5-29-14-8-11(6-12(21)16(14)25)7-13-17(26)15-18(22-13)24(9-10(2)3)20(28)23(4)19(15)27/h6-8,10,22,25H,5,9H2,1-4H3. The molecule has 29 heavy (non-hydrogen) atoms. The maximum Gasteiger partial charge on any atom is 0.332 e. The van der Waals surface area contributed by atoms with Gasteiger partial charge in [-0.3, -0.25) is 18.7 Å². The fraction of sp³-hybridized carbons (Fsp3) is 0.350. The Bertz CT molecular complexity index is 1140. The van der Waals surface area contributed by atoms with Gasteiger partial charge in [-0.2, -0.15) is 0 Å². The van der Waals surface area contributed by atoms with E-state index < -0.39 is 17.0 Å². The van der Waals surface area contributed by atoms with E-state index in [2.05, 4.69) is 21.2 Å². The number of hydrogen-bond acceptors (Lipinski definition) is 6. The first-order chi connectivity index (χ1) is 13.6. The first-order valence-corrected chi connectivity index (χ1v) is 9.97. The van der Waals surface area contributed by atoms with Crippen LogP contribution in [-0.2, 0) is 13.6 Å². The Balaban J connectivity index is 2.13. The summed E-state index contributed by atoms with van der Waals surface area (Å²) in [7, 11) is 1.36. The number of aromatic nitrogens is 2. The average Bonchev–Trinajstić information content (AvgIpc) is 2.97. The molecule has 1 aromatic heterocycles. The molecule has 0 spiro atoms. The average molecular weight is 464 g/mol. The largest absolute Gasteiger partial charge is 0.503 e. The number of nitrogens with one attached hydrogen (secondary N) is 1. The van der Waals surface area contributed by atoms with Crippen LogP contribution in [0.25, 0.3) is 6.08 Å². The molecule has 8 nitrogen and oxygen atoms in total. The van der Waals surface area contributed by atoms with Gasteiger partial charge in [0.2, 0.25) is 5.78 Å². The van der Waals surface area contributed by atoms with Crippen molar-refractivity contribution in [1.82, 2.24) is 9.13 Å². The number of benzene rings is 1. The van der Waals surface area contributed by atoms with Crippen LogP contribution in [-0.4, -0.2) is 26.6 Å². The van der Waals surface area contributed by atoms with Crippen LogP contribution >= 0.6 is 15.9 Å². The molecule has 3 rings (SSSR count). The highest BCUT2D eigenvalue weighted by Crippen LogP contribution is 2.36. The predicted octanol–water partition coefficient (Wildman–Crippen LogP) is 2.72. The normalized spacial score (nSPS) is 14.4. The molecular weight excluding hydrogens is 442 g/mol. The second kappa shape index (κ2) is 7.90. The number of hydrogen-bond donors (Lipinski definition) is 2. The van der Waals surface area contributed by atoms with E-state index in [-0.39, 0.29) is 34.5 Å². The van der Waals surface area contributed by atoms with Crippen LogP contribution in [0.2, 0.25) is 0 Å². The molecule has 0 fully saturated rings. The van der Waals surface area contributed by atoms with Crippen LogP contribution in [0.15, 0.2) is 31.9 Å². The number of rotatable bonds is 5. The second-order valence-corrected chi connectivity index (χ2v) is 8.02. The maximum absolute atomic E-state index is 12.9. The fourth-order valence-corrected chi connectivity index (χ4v) is 3.63. The van der Waals surface area contributed by atoms with Crippen molar-refractivity contribution in [2.45, 2.75) is 27.3 Å². The zero-order chi connectivity index (χ0) is 21.5. The summed E-state index contributed by atoms with van der Waals surface area (Å²) >= 11 is 3.27. The van der Waals surface area contributed by atoms with Crippen molar-refractivity contribution in [2.24, 2.45) is 13.0 Å². The Labute approximate surface area is 175 Å². The van der Waals surface area contributed by atoms with Gasteiger partial charge in [-0.25, -0.2) is 4.79 Å². The topological polar surface area (TPSA) is 103 Å². The third-order valence-electron chi connectivity index (χ3n) is 4.48. The Morgan fingerprint density at radius 2 is 1.97 bits per heavy atom. The van der Waals surface area contributed by atoms with Crippen molar-refractivity contribution in [2.75, 3.05) is 11.9 Å². The monoisotopic (exact) mass is 463 g/mol. The first kappa shape index (κ1) is 20.9. The van der Waals surface area contributed by atoms with Gasteiger partial charge in [0.25, 0.3) is 5.56 Å². The predicted molar refractivity (Wildman–Crippen MR) is 114 cm³/mol. The Morgan fingerprint density at radius 3 is 2.59 bits per heavy atom. The van der Waals surface area contributed by atoms with E-state index in [1.165, 1.54) is 11.6 Å². The van der Waals surface area contributed by atoms with Crippen molar-refractivity contribution in [3.63, 3.8) is 0 Å². The van der Waals surface area contributed by atoms with Crippen molar-refractivity contribution in [3.8, 4) is 11.5 Å². The van der Waals surface area contributed by atoms with Crippen molar-refractivity contribution in [3.05, 3.63) is 54.3 Å². The van der Waals surface area contributed by atoms with Gasteiger partial charge in [0.1, 0.15) is 11.4 Å². The molecule has 2 heterocycles. The van der Waals surface area contributed by atoms with E-state index in [1.807, 2.05) is 13.8 Å². The van der Waals surface area contributed by atoms with Gasteiger partial charge in [0.15, 0.2) is 11.5 Å². The number of carbonyl (C=O) groups is 1. The molecule has 2 aromatic rings. The summed E-state index contributed by atoms with van der Waals surface area (Å²) in [5, 5.41) is 13.0. The third kappa shape index (κ3) is 3.74. The lowest BCUT2D eigenvalue weighted by Gasteiger charge is -2.14. The molecule has 154 valence electrons. The minimum Gasteiger partial charge on any atom is -0.503 e. The Kier molecular flexibility index (Phi) is 5.70. The lowest BCUT2D eigenvalue weighted by Crippen LogP contribution is -2.41. The number of phenolic OH excluding ortho intramolecular Hbond substituents is 1. The van der Waals surface area contributed by atoms with Gasteiger partial charge in [-0.1, -0.05) is 13.8 Å². The summed E-state index contributed by atoms with van der Waals surface area (Å²) in [6.45, 7) is 6.41. The number of phenols is 1. The summed E-state index contributed by atoms with van der Waals surface area (Å²) in [5.41, 5.74) is -0.415. The minimum absolute atomic E-state index is 0.0392. The van der Waals surface area contributed by atoms with Crippen LogP contribution in [0, 0.1) is 5.92 Å². The Hall–Kier alpha value is -2.81. The lowest BCUT2D eigenvalue weighted by molar-refractivity contribution is 0.104. The number of nitrogens with zero attached hydrogens (tertiary/aromatic N) is 2. The van der Waals surface area contributed by atoms with E-state index in [9.17, 15) is 19.5 Å². The number of halogens is 1. The van der Waals surface area contributed by atoms with E-state index >= 15 is 0 Å². The molecule has 0 aliphatic carbocycles. The minimum atomic E-state index is -0.632. The van der Waals surface area contributed by atoms with Crippen LogP contribution in [0.4, 0.5) is 5.82 Å². The van der Waals surface area contributed by atoms with E-state index in [4.69, 9.17) is 4.74 Å². The SMILES string of the molecule is CCOc1cc(C=C2Nc3c(c(=O)n(C)c(=O)n3CC(C)C)C2=O)cc(Br)c1O. The molecule has 9 heteroatoms. The van der Waals surface area contributed by atoms with Gasteiger partial charge < -0.3 is 15.2 Å². The zero-order valence-electron chi connectivity index (χ0n) is 16.6. The number of fused-ring (bicyclic) bond motifs is 1. The van der Waals surface area contributed by atoms with Crippen molar-refractivity contribution in [1.29, 1.82) is 0 Å². The maximum atomic E-state index is 12.9. The van der Waals surface area contributed by atoms with Gasteiger partial charge in [-0.05, 0) is 52.5 Å². The Morgan fingerprint density at radius 1 is 1.28 bits per heavy atom. The van der Waals surface area contributed by atoms with Gasteiger partial charge in [0.05, 0.1) is 16.8 Å². The molecule has 0 bridgehead atoms.